The maximum Gasteiger partial charge on any atom is 0.326 e. The average Bonchev–Trinajstić information content (AvgIpc) is 2.80. The molecular weight excluding hydrogens is 464 g/mol. The molecule has 36 heavy (non-hydrogen) atoms. The minimum Gasteiger partial charge on any atom is -0.494 e. The van der Waals surface area contributed by atoms with Gasteiger partial charge >= 0.3 is 12.0 Å². The summed E-state index contributed by atoms with van der Waals surface area (Å²) in [7, 11) is 0. The number of urea groups is 1. The van der Waals surface area contributed by atoms with Gasteiger partial charge in [0.25, 0.3) is 0 Å². The summed E-state index contributed by atoms with van der Waals surface area (Å²) in [5.41, 5.74) is 6.65. The van der Waals surface area contributed by atoms with Gasteiger partial charge in [-0.3, -0.25) is 4.79 Å². The van der Waals surface area contributed by atoms with E-state index in [2.05, 4.69) is 16.0 Å². The van der Waals surface area contributed by atoms with Crippen LogP contribution in [0.4, 0.5) is 4.79 Å². The van der Waals surface area contributed by atoms with Crippen molar-refractivity contribution in [1.82, 2.24) is 16.0 Å². The van der Waals surface area contributed by atoms with E-state index in [-0.39, 0.29) is 36.2 Å². The fraction of sp³-hybridized carbons (Fsp3) is 0.654. The first-order valence-corrected chi connectivity index (χ1v) is 12.9. The molecule has 1 fully saturated rings. The fourth-order valence-electron chi connectivity index (χ4n) is 4.45. The standard InChI is InChI=1S/C26H40N4O6/c1-16(2)23-15-35-9-3-4-10-36-20-7-5-17(6-8-20)13-21(24(31)28-23)29-26(34)30-22(25(32)33)14-18-11-19(27)12-18/h5-8,16,18-19,21-23H,3-4,9-15,27H2,1-2H3,(H,28,31)(H,32,33)(H2,29,30,34)/t18?,19?,21-,22+,23-/m1/s1. The maximum atomic E-state index is 13.3. The van der Waals surface area contributed by atoms with Gasteiger partial charge in [-0.2, -0.15) is 0 Å². The summed E-state index contributed by atoms with van der Waals surface area (Å²) in [6, 6.07) is 4.62. The van der Waals surface area contributed by atoms with Crippen LogP contribution < -0.4 is 26.4 Å². The number of hydrogen-bond acceptors (Lipinski definition) is 6. The Labute approximate surface area is 212 Å². The molecule has 1 aromatic rings. The van der Waals surface area contributed by atoms with Gasteiger partial charge < -0.3 is 36.3 Å². The molecule has 0 saturated heterocycles. The highest BCUT2D eigenvalue weighted by molar-refractivity contribution is 5.89. The summed E-state index contributed by atoms with van der Waals surface area (Å²) in [6.45, 7) is 5.51. The van der Waals surface area contributed by atoms with E-state index in [1.807, 2.05) is 38.1 Å². The number of fused-ring (bicyclic) bond motifs is 13. The minimum absolute atomic E-state index is 0.0926. The van der Waals surface area contributed by atoms with Gasteiger partial charge in [0, 0.05) is 19.1 Å². The van der Waals surface area contributed by atoms with Crippen LogP contribution in [0.15, 0.2) is 24.3 Å². The molecule has 0 aromatic heterocycles. The number of carboxylic acid groups (broad SMARTS) is 1. The first kappa shape index (κ1) is 27.7. The van der Waals surface area contributed by atoms with Gasteiger partial charge in [-0.25, -0.2) is 9.59 Å². The van der Waals surface area contributed by atoms with Crippen molar-refractivity contribution in [1.29, 1.82) is 0 Å². The van der Waals surface area contributed by atoms with E-state index in [0.717, 1.165) is 37.0 Å². The molecule has 4 rings (SSSR count). The van der Waals surface area contributed by atoms with E-state index in [9.17, 15) is 19.5 Å². The molecule has 0 radical (unpaired) electrons. The zero-order valence-electron chi connectivity index (χ0n) is 21.2. The number of nitrogens with two attached hydrogens (primary N) is 1. The predicted molar refractivity (Wildman–Crippen MR) is 135 cm³/mol. The van der Waals surface area contributed by atoms with Gasteiger partial charge in [0.2, 0.25) is 5.91 Å². The van der Waals surface area contributed by atoms with Crippen LogP contribution in [0.25, 0.3) is 0 Å². The number of nitrogens with one attached hydrogen (secondary N) is 3. The Balaban J connectivity index is 1.71. The molecule has 10 heteroatoms. The molecule has 3 atom stereocenters. The van der Waals surface area contributed by atoms with E-state index in [1.54, 1.807) is 0 Å². The minimum atomic E-state index is -1.11. The van der Waals surface area contributed by atoms with Crippen molar-refractivity contribution in [3.8, 4) is 5.75 Å². The Morgan fingerprint density at radius 3 is 2.50 bits per heavy atom. The third-order valence-corrected chi connectivity index (χ3v) is 6.81. The Kier molecular flexibility index (Phi) is 10.4. The topological polar surface area (TPSA) is 152 Å². The zero-order valence-corrected chi connectivity index (χ0v) is 21.2. The van der Waals surface area contributed by atoms with Crippen LogP contribution in [0.2, 0.25) is 0 Å². The van der Waals surface area contributed by atoms with Crippen LogP contribution in [0.1, 0.15) is 51.5 Å². The number of amides is 3. The van der Waals surface area contributed by atoms with Crippen molar-refractivity contribution in [2.45, 2.75) is 76.5 Å². The summed E-state index contributed by atoms with van der Waals surface area (Å²) in [5.74, 6) is -0.439. The number of carboxylic acids is 1. The highest BCUT2D eigenvalue weighted by Crippen LogP contribution is 2.29. The highest BCUT2D eigenvalue weighted by atomic mass is 16.5. The molecule has 10 nitrogen and oxygen atoms in total. The average molecular weight is 505 g/mol. The molecule has 2 heterocycles. The van der Waals surface area contributed by atoms with Crippen LogP contribution in [0, 0.1) is 11.8 Å². The van der Waals surface area contributed by atoms with Crippen molar-refractivity contribution in [3.05, 3.63) is 29.8 Å². The predicted octanol–water partition coefficient (Wildman–Crippen LogP) is 1.81. The van der Waals surface area contributed by atoms with E-state index < -0.39 is 24.1 Å². The molecule has 200 valence electrons. The lowest BCUT2D eigenvalue weighted by Gasteiger charge is -2.34. The van der Waals surface area contributed by atoms with Crippen molar-refractivity contribution in [2.24, 2.45) is 17.6 Å². The molecule has 1 aliphatic carbocycles. The molecule has 3 aliphatic rings. The van der Waals surface area contributed by atoms with Crippen LogP contribution in [-0.4, -0.2) is 67.0 Å². The van der Waals surface area contributed by atoms with Crippen molar-refractivity contribution in [2.75, 3.05) is 19.8 Å². The number of benzene rings is 1. The van der Waals surface area contributed by atoms with Gasteiger partial charge in [-0.05, 0) is 61.6 Å². The number of carbonyl (C=O) groups is 3. The number of hydrogen-bond donors (Lipinski definition) is 5. The molecule has 2 bridgehead atoms. The summed E-state index contributed by atoms with van der Waals surface area (Å²) in [5, 5.41) is 17.8. The van der Waals surface area contributed by atoms with Crippen LogP contribution in [-0.2, 0) is 20.7 Å². The van der Waals surface area contributed by atoms with Gasteiger partial charge in [0.1, 0.15) is 17.8 Å². The van der Waals surface area contributed by atoms with Gasteiger partial charge in [0.05, 0.1) is 19.3 Å². The molecule has 0 unspecified atom stereocenters. The van der Waals surface area contributed by atoms with Gasteiger partial charge in [-0.15, -0.1) is 0 Å². The Hall–Kier alpha value is -2.85. The van der Waals surface area contributed by atoms with Crippen LogP contribution >= 0.6 is 0 Å². The van der Waals surface area contributed by atoms with Crippen molar-refractivity contribution < 1.29 is 29.0 Å². The quantitative estimate of drug-likeness (QED) is 0.396. The summed E-state index contributed by atoms with van der Waals surface area (Å²) in [6.07, 6.45) is 3.75. The van der Waals surface area contributed by atoms with Gasteiger partial charge in [0.15, 0.2) is 0 Å². The van der Waals surface area contributed by atoms with E-state index >= 15 is 0 Å². The lowest BCUT2D eigenvalue weighted by molar-refractivity contribution is -0.139. The maximum absolute atomic E-state index is 13.3. The Morgan fingerprint density at radius 2 is 1.86 bits per heavy atom. The summed E-state index contributed by atoms with van der Waals surface area (Å²) >= 11 is 0. The first-order valence-electron chi connectivity index (χ1n) is 12.9. The lowest BCUT2D eigenvalue weighted by atomic mass is 9.77. The van der Waals surface area contributed by atoms with Crippen LogP contribution in [0.5, 0.6) is 5.75 Å². The normalized spacial score (nSPS) is 26.3. The fourth-order valence-corrected chi connectivity index (χ4v) is 4.45. The lowest BCUT2D eigenvalue weighted by Crippen LogP contribution is -2.56. The largest absolute Gasteiger partial charge is 0.494 e. The third-order valence-electron chi connectivity index (χ3n) is 6.81. The molecule has 1 saturated carbocycles. The van der Waals surface area contributed by atoms with E-state index in [0.29, 0.717) is 26.2 Å². The molecule has 2 aliphatic heterocycles. The Bertz CT molecular complexity index is 872. The second kappa shape index (κ2) is 13.5. The molecule has 6 N–H and O–H groups in total. The second-order valence-electron chi connectivity index (χ2n) is 10.2. The third kappa shape index (κ3) is 8.67. The van der Waals surface area contributed by atoms with Crippen molar-refractivity contribution >= 4 is 17.9 Å². The number of rotatable bonds is 6. The van der Waals surface area contributed by atoms with E-state index in [4.69, 9.17) is 15.2 Å². The van der Waals surface area contributed by atoms with Gasteiger partial charge in [-0.1, -0.05) is 26.0 Å². The first-order chi connectivity index (χ1) is 17.2. The molecule has 0 spiro atoms. The second-order valence-corrected chi connectivity index (χ2v) is 10.2. The summed E-state index contributed by atoms with van der Waals surface area (Å²) < 4.78 is 11.6. The van der Waals surface area contributed by atoms with Crippen LogP contribution in [0.3, 0.4) is 0 Å². The smallest absolute Gasteiger partial charge is 0.326 e. The number of carbonyl (C=O) groups excluding carboxylic acids is 2. The summed E-state index contributed by atoms with van der Waals surface area (Å²) in [4.78, 5) is 37.8. The molecule has 3 amide bonds. The number of ether oxygens (including phenoxy) is 2. The monoisotopic (exact) mass is 504 g/mol. The SMILES string of the molecule is CC(C)[C@H]1COCCCCOc2ccc(cc2)C[C@@H](NC(=O)N[C@@H](CC2CC(N)C2)C(=O)O)C(=O)N1. The Morgan fingerprint density at radius 1 is 1.17 bits per heavy atom. The number of aliphatic carboxylic acids is 1. The van der Waals surface area contributed by atoms with Crippen molar-refractivity contribution in [3.63, 3.8) is 0 Å². The zero-order chi connectivity index (χ0) is 26.1. The van der Waals surface area contributed by atoms with E-state index in [1.165, 1.54) is 0 Å². The molecule has 1 aromatic carbocycles. The highest BCUT2D eigenvalue weighted by Gasteiger charge is 2.33. The molecular formula is C26H40N4O6.